The Bertz CT molecular complexity index is 396. The molecular formula is C13H18N2O4. The van der Waals surface area contributed by atoms with E-state index in [0.29, 0.717) is 12.5 Å². The number of imide groups is 1. The first-order valence-corrected chi connectivity index (χ1v) is 6.27. The maximum absolute atomic E-state index is 11.8. The lowest BCUT2D eigenvalue weighted by atomic mass is 10.2. The summed E-state index contributed by atoms with van der Waals surface area (Å²) in [6.07, 6.45) is 7.50. The molecule has 0 bridgehead atoms. The SMILES string of the molecule is C#CCN(CC1CC1)C(=O)NC(=O)CCCC(=O)O. The first-order valence-electron chi connectivity index (χ1n) is 6.27. The van der Waals surface area contributed by atoms with Crippen LogP contribution in [0, 0.1) is 18.3 Å². The fraction of sp³-hybridized carbons (Fsp3) is 0.615. The van der Waals surface area contributed by atoms with E-state index in [1.165, 1.54) is 4.90 Å². The van der Waals surface area contributed by atoms with E-state index in [-0.39, 0.29) is 25.8 Å². The van der Waals surface area contributed by atoms with Gasteiger partial charge in [0, 0.05) is 19.4 Å². The number of amides is 3. The normalized spacial score (nSPS) is 13.4. The summed E-state index contributed by atoms with van der Waals surface area (Å²) in [4.78, 5) is 35.0. The predicted octanol–water partition coefficient (Wildman–Crippen LogP) is 0.823. The summed E-state index contributed by atoms with van der Waals surface area (Å²) in [6, 6.07) is -0.495. The molecule has 0 radical (unpaired) electrons. The molecule has 6 heteroatoms. The lowest BCUT2D eigenvalue weighted by Gasteiger charge is -2.19. The zero-order valence-corrected chi connectivity index (χ0v) is 10.7. The summed E-state index contributed by atoms with van der Waals surface area (Å²) in [5.41, 5.74) is 0. The fourth-order valence-corrected chi connectivity index (χ4v) is 1.60. The van der Waals surface area contributed by atoms with Gasteiger partial charge in [0.05, 0.1) is 6.54 Å². The van der Waals surface area contributed by atoms with Crippen molar-refractivity contribution >= 4 is 17.9 Å². The third-order valence-electron chi connectivity index (χ3n) is 2.79. The number of carboxylic acid groups (broad SMARTS) is 1. The molecule has 1 aliphatic carbocycles. The Morgan fingerprint density at radius 3 is 2.53 bits per heavy atom. The number of nitrogens with zero attached hydrogens (tertiary/aromatic N) is 1. The van der Waals surface area contributed by atoms with Crippen LogP contribution in [0.5, 0.6) is 0 Å². The molecule has 1 aliphatic rings. The van der Waals surface area contributed by atoms with Crippen molar-refractivity contribution in [2.24, 2.45) is 5.92 Å². The summed E-state index contributed by atoms with van der Waals surface area (Å²) in [5, 5.41) is 10.7. The molecule has 1 rings (SSSR count). The summed E-state index contributed by atoms with van der Waals surface area (Å²) in [5.74, 6) is 1.45. The molecule has 19 heavy (non-hydrogen) atoms. The molecule has 1 fully saturated rings. The van der Waals surface area contributed by atoms with Crippen LogP contribution >= 0.6 is 0 Å². The molecule has 0 atom stereocenters. The molecule has 0 aromatic rings. The van der Waals surface area contributed by atoms with Crippen LogP contribution in [-0.2, 0) is 9.59 Å². The molecule has 0 aliphatic heterocycles. The third kappa shape index (κ3) is 6.46. The van der Waals surface area contributed by atoms with Crippen molar-refractivity contribution < 1.29 is 19.5 Å². The highest BCUT2D eigenvalue weighted by Gasteiger charge is 2.26. The van der Waals surface area contributed by atoms with Crippen LogP contribution in [-0.4, -0.2) is 41.0 Å². The van der Waals surface area contributed by atoms with Gasteiger partial charge in [-0.2, -0.15) is 0 Å². The number of nitrogens with one attached hydrogen (secondary N) is 1. The maximum Gasteiger partial charge on any atom is 0.324 e. The van der Waals surface area contributed by atoms with Crippen molar-refractivity contribution in [3.05, 3.63) is 0 Å². The fourth-order valence-electron chi connectivity index (χ4n) is 1.60. The molecule has 3 amide bonds. The monoisotopic (exact) mass is 266 g/mol. The average molecular weight is 266 g/mol. The Balaban J connectivity index is 2.31. The molecule has 0 aromatic carbocycles. The van der Waals surface area contributed by atoms with Gasteiger partial charge in [0.15, 0.2) is 0 Å². The quantitative estimate of drug-likeness (QED) is 0.668. The molecule has 1 saturated carbocycles. The number of aliphatic carboxylic acids is 1. The smallest absolute Gasteiger partial charge is 0.324 e. The molecule has 0 spiro atoms. The van der Waals surface area contributed by atoms with Gasteiger partial charge in [-0.15, -0.1) is 6.42 Å². The lowest BCUT2D eigenvalue weighted by Crippen LogP contribution is -2.44. The molecule has 0 aromatic heterocycles. The number of carboxylic acids is 1. The van der Waals surface area contributed by atoms with Crippen LogP contribution in [0.2, 0.25) is 0 Å². The van der Waals surface area contributed by atoms with E-state index in [1.807, 2.05) is 0 Å². The van der Waals surface area contributed by atoms with Crippen molar-refractivity contribution in [1.29, 1.82) is 0 Å². The second-order valence-electron chi connectivity index (χ2n) is 4.63. The number of hydrogen-bond donors (Lipinski definition) is 2. The Hall–Kier alpha value is -2.03. The van der Waals surface area contributed by atoms with Crippen molar-refractivity contribution in [3.8, 4) is 12.3 Å². The summed E-state index contributed by atoms with van der Waals surface area (Å²) < 4.78 is 0. The first kappa shape index (κ1) is 15.0. The standard InChI is InChI=1S/C13H18N2O4/c1-2-8-15(9-10-6-7-10)13(19)14-11(16)4-3-5-12(17)18/h1,10H,3-9H2,(H,17,18)(H,14,16,19). The summed E-state index contributed by atoms with van der Waals surface area (Å²) in [6.45, 7) is 0.739. The van der Waals surface area contributed by atoms with Crippen molar-refractivity contribution in [2.45, 2.75) is 32.1 Å². The minimum atomic E-state index is -0.957. The summed E-state index contributed by atoms with van der Waals surface area (Å²) in [7, 11) is 0. The zero-order valence-electron chi connectivity index (χ0n) is 10.7. The van der Waals surface area contributed by atoms with Gasteiger partial charge in [-0.3, -0.25) is 14.9 Å². The Morgan fingerprint density at radius 1 is 1.32 bits per heavy atom. The van der Waals surface area contributed by atoms with E-state index in [4.69, 9.17) is 11.5 Å². The number of rotatable bonds is 7. The average Bonchev–Trinajstić information content (AvgIpc) is 3.11. The minimum absolute atomic E-state index is 0.0192. The van der Waals surface area contributed by atoms with E-state index in [0.717, 1.165) is 12.8 Å². The maximum atomic E-state index is 11.8. The summed E-state index contributed by atoms with van der Waals surface area (Å²) >= 11 is 0. The highest BCUT2D eigenvalue weighted by atomic mass is 16.4. The van der Waals surface area contributed by atoms with Crippen molar-refractivity contribution in [2.75, 3.05) is 13.1 Å². The second kappa shape index (κ2) is 7.41. The molecule has 104 valence electrons. The van der Waals surface area contributed by atoms with E-state index in [2.05, 4.69) is 11.2 Å². The largest absolute Gasteiger partial charge is 0.481 e. The molecule has 0 heterocycles. The zero-order chi connectivity index (χ0) is 14.3. The van der Waals surface area contributed by atoms with Crippen LogP contribution in [0.4, 0.5) is 4.79 Å². The van der Waals surface area contributed by atoms with Crippen LogP contribution in [0.25, 0.3) is 0 Å². The number of hydrogen-bond acceptors (Lipinski definition) is 3. The van der Waals surface area contributed by atoms with E-state index in [1.54, 1.807) is 0 Å². The topological polar surface area (TPSA) is 86.7 Å². The third-order valence-corrected chi connectivity index (χ3v) is 2.79. The Morgan fingerprint density at radius 2 is 2.00 bits per heavy atom. The molecule has 0 unspecified atom stereocenters. The van der Waals surface area contributed by atoms with Gasteiger partial charge in [-0.25, -0.2) is 4.79 Å². The number of carbonyl (C=O) groups excluding carboxylic acids is 2. The van der Waals surface area contributed by atoms with Gasteiger partial charge in [-0.05, 0) is 25.2 Å². The molecule has 0 saturated heterocycles. The van der Waals surface area contributed by atoms with Gasteiger partial charge in [0.2, 0.25) is 5.91 Å². The number of urea groups is 1. The van der Waals surface area contributed by atoms with Gasteiger partial charge in [0.1, 0.15) is 0 Å². The molecular weight excluding hydrogens is 248 g/mol. The Kier molecular flexibility index (Phi) is 5.86. The van der Waals surface area contributed by atoms with Crippen molar-refractivity contribution in [3.63, 3.8) is 0 Å². The van der Waals surface area contributed by atoms with Crippen LogP contribution in [0.15, 0.2) is 0 Å². The predicted molar refractivity (Wildman–Crippen MR) is 68.2 cm³/mol. The molecule has 2 N–H and O–H groups in total. The second-order valence-corrected chi connectivity index (χ2v) is 4.63. The van der Waals surface area contributed by atoms with Gasteiger partial charge < -0.3 is 10.0 Å². The highest BCUT2D eigenvalue weighted by molar-refractivity contribution is 5.94. The number of terminal acetylenes is 1. The van der Waals surface area contributed by atoms with Crippen LogP contribution in [0.1, 0.15) is 32.1 Å². The van der Waals surface area contributed by atoms with Crippen molar-refractivity contribution in [1.82, 2.24) is 10.2 Å². The van der Waals surface area contributed by atoms with E-state index < -0.39 is 17.9 Å². The van der Waals surface area contributed by atoms with Crippen LogP contribution in [0.3, 0.4) is 0 Å². The van der Waals surface area contributed by atoms with Gasteiger partial charge in [0.25, 0.3) is 0 Å². The lowest BCUT2D eigenvalue weighted by molar-refractivity contribution is -0.137. The Labute approximate surface area is 112 Å². The molecule has 6 nitrogen and oxygen atoms in total. The minimum Gasteiger partial charge on any atom is -0.481 e. The number of carbonyl (C=O) groups is 3. The van der Waals surface area contributed by atoms with E-state index in [9.17, 15) is 14.4 Å². The van der Waals surface area contributed by atoms with E-state index >= 15 is 0 Å². The highest BCUT2D eigenvalue weighted by Crippen LogP contribution is 2.29. The van der Waals surface area contributed by atoms with Crippen LogP contribution < -0.4 is 5.32 Å². The van der Waals surface area contributed by atoms with Gasteiger partial charge >= 0.3 is 12.0 Å². The van der Waals surface area contributed by atoms with Gasteiger partial charge in [-0.1, -0.05) is 5.92 Å². The first-order chi connectivity index (χ1) is 9.02.